The summed E-state index contributed by atoms with van der Waals surface area (Å²) in [4.78, 5) is 11.2. The molecule has 16 heavy (non-hydrogen) atoms. The predicted octanol–water partition coefficient (Wildman–Crippen LogP) is -1.19. The highest BCUT2D eigenvalue weighted by Gasteiger charge is 2.42. The van der Waals surface area contributed by atoms with Crippen LogP contribution in [0.3, 0.4) is 0 Å². The molecule has 0 amide bonds. The molecule has 0 aliphatic carbocycles. The molecule has 0 aromatic carbocycles. The first-order chi connectivity index (χ1) is 7.47. The topological polar surface area (TPSA) is 96.2 Å². The van der Waals surface area contributed by atoms with Gasteiger partial charge in [-0.2, -0.15) is 0 Å². The number of hydrogen-bond acceptors (Lipinski definition) is 6. The molecule has 0 aromatic rings. The van der Waals surface area contributed by atoms with Crippen LogP contribution >= 0.6 is 0 Å². The molecule has 6 heteroatoms. The molecule has 0 saturated carbocycles. The molecule has 0 radical (unpaired) electrons. The molecule has 0 spiro atoms. The second kappa shape index (κ2) is 5.58. The van der Waals surface area contributed by atoms with Crippen molar-refractivity contribution in [3.8, 4) is 0 Å². The van der Waals surface area contributed by atoms with Gasteiger partial charge in [0.05, 0.1) is 25.2 Å². The zero-order chi connectivity index (χ0) is 12.3. The minimum absolute atomic E-state index is 0.136. The van der Waals surface area contributed by atoms with E-state index in [1.165, 1.54) is 0 Å². The van der Waals surface area contributed by atoms with Gasteiger partial charge in [0.2, 0.25) is 0 Å². The normalized spacial score (nSPS) is 39.4. The number of aliphatic hydroxyl groups excluding tert-OH is 3. The zero-order valence-corrected chi connectivity index (χ0v) is 9.37. The fraction of sp³-hybridized carbons (Fsp3) is 0.900. The van der Waals surface area contributed by atoms with Gasteiger partial charge in [0.1, 0.15) is 18.3 Å². The largest absolute Gasteiger partial charge is 0.466 e. The molecule has 0 aromatic heterocycles. The average Bonchev–Trinajstić information content (AvgIpc) is 2.23. The van der Waals surface area contributed by atoms with E-state index < -0.39 is 36.5 Å². The first-order valence-electron chi connectivity index (χ1n) is 5.32. The Kier molecular flexibility index (Phi) is 4.67. The van der Waals surface area contributed by atoms with Crippen molar-refractivity contribution in [1.29, 1.82) is 0 Å². The molecule has 0 bridgehead atoms. The Balaban J connectivity index is 2.57. The van der Waals surface area contributed by atoms with E-state index >= 15 is 0 Å². The summed E-state index contributed by atoms with van der Waals surface area (Å²) >= 11 is 0. The number of hydrogen-bond donors (Lipinski definition) is 3. The third-order valence-corrected chi connectivity index (χ3v) is 2.62. The van der Waals surface area contributed by atoms with Crippen molar-refractivity contribution in [2.45, 2.75) is 50.8 Å². The van der Waals surface area contributed by atoms with Crippen molar-refractivity contribution in [3.05, 3.63) is 0 Å². The Morgan fingerprint density at radius 1 is 1.25 bits per heavy atom. The molecular weight excluding hydrogens is 216 g/mol. The quantitative estimate of drug-likeness (QED) is 0.531. The average molecular weight is 234 g/mol. The lowest BCUT2D eigenvalue weighted by Crippen LogP contribution is -2.57. The number of rotatable bonds is 3. The number of ether oxygens (including phenoxy) is 2. The highest BCUT2D eigenvalue weighted by atomic mass is 16.6. The van der Waals surface area contributed by atoms with Crippen LogP contribution in [0.2, 0.25) is 0 Å². The van der Waals surface area contributed by atoms with E-state index in [1.54, 1.807) is 13.8 Å². The van der Waals surface area contributed by atoms with Crippen molar-refractivity contribution in [2.24, 2.45) is 0 Å². The summed E-state index contributed by atoms with van der Waals surface area (Å²) in [5.74, 6) is -0.498. The Labute approximate surface area is 93.8 Å². The third-order valence-electron chi connectivity index (χ3n) is 2.62. The SMILES string of the molecule is CCOC(=O)CC1O[C@@H](C)[C@H](O)[C@@H](O)[C@H]1O. The summed E-state index contributed by atoms with van der Waals surface area (Å²) < 4.78 is 9.95. The van der Waals surface area contributed by atoms with Crippen molar-refractivity contribution >= 4 is 5.97 Å². The zero-order valence-electron chi connectivity index (χ0n) is 9.37. The monoisotopic (exact) mass is 234 g/mol. The first kappa shape index (κ1) is 13.4. The molecule has 6 nitrogen and oxygen atoms in total. The summed E-state index contributed by atoms with van der Waals surface area (Å²) in [6.45, 7) is 3.50. The van der Waals surface area contributed by atoms with Gasteiger partial charge in [0, 0.05) is 0 Å². The van der Waals surface area contributed by atoms with Crippen molar-refractivity contribution < 1.29 is 29.6 Å². The van der Waals surface area contributed by atoms with Gasteiger partial charge in [-0.05, 0) is 13.8 Å². The lowest BCUT2D eigenvalue weighted by atomic mass is 9.94. The van der Waals surface area contributed by atoms with Crippen LogP contribution in [-0.4, -0.2) is 58.4 Å². The van der Waals surface area contributed by atoms with Crippen LogP contribution in [0.15, 0.2) is 0 Å². The van der Waals surface area contributed by atoms with E-state index in [4.69, 9.17) is 9.47 Å². The predicted molar refractivity (Wildman–Crippen MR) is 53.6 cm³/mol. The summed E-state index contributed by atoms with van der Waals surface area (Å²) in [5, 5.41) is 28.5. The van der Waals surface area contributed by atoms with Crippen LogP contribution in [0.25, 0.3) is 0 Å². The second-order valence-electron chi connectivity index (χ2n) is 3.86. The van der Waals surface area contributed by atoms with E-state index in [2.05, 4.69) is 0 Å². The maximum Gasteiger partial charge on any atom is 0.308 e. The van der Waals surface area contributed by atoms with Crippen LogP contribution in [0, 0.1) is 0 Å². The Hall–Kier alpha value is -0.690. The van der Waals surface area contributed by atoms with Crippen LogP contribution < -0.4 is 0 Å². The van der Waals surface area contributed by atoms with Crippen LogP contribution in [0.5, 0.6) is 0 Å². The number of carbonyl (C=O) groups excluding carboxylic acids is 1. The molecule has 1 unspecified atom stereocenters. The Morgan fingerprint density at radius 2 is 1.88 bits per heavy atom. The molecule has 5 atom stereocenters. The minimum atomic E-state index is -1.30. The van der Waals surface area contributed by atoms with Crippen molar-refractivity contribution in [3.63, 3.8) is 0 Å². The summed E-state index contributed by atoms with van der Waals surface area (Å²) in [7, 11) is 0. The van der Waals surface area contributed by atoms with Gasteiger partial charge < -0.3 is 24.8 Å². The van der Waals surface area contributed by atoms with Gasteiger partial charge in [0.15, 0.2) is 0 Å². The molecule has 1 aliphatic heterocycles. The Bertz CT molecular complexity index is 243. The molecule has 1 fully saturated rings. The van der Waals surface area contributed by atoms with E-state index in [9.17, 15) is 20.1 Å². The Morgan fingerprint density at radius 3 is 2.44 bits per heavy atom. The fourth-order valence-corrected chi connectivity index (χ4v) is 1.69. The lowest BCUT2D eigenvalue weighted by Gasteiger charge is -2.38. The van der Waals surface area contributed by atoms with E-state index in [-0.39, 0.29) is 13.0 Å². The van der Waals surface area contributed by atoms with Crippen molar-refractivity contribution in [2.75, 3.05) is 6.61 Å². The minimum Gasteiger partial charge on any atom is -0.466 e. The van der Waals surface area contributed by atoms with Crippen molar-refractivity contribution in [1.82, 2.24) is 0 Å². The fourth-order valence-electron chi connectivity index (χ4n) is 1.69. The molecule has 1 heterocycles. The van der Waals surface area contributed by atoms with Gasteiger partial charge in [-0.1, -0.05) is 0 Å². The molecule has 3 N–H and O–H groups in total. The van der Waals surface area contributed by atoms with Crippen LogP contribution in [0.1, 0.15) is 20.3 Å². The highest BCUT2D eigenvalue weighted by Crippen LogP contribution is 2.23. The summed E-state index contributed by atoms with van der Waals surface area (Å²) in [5.41, 5.74) is 0. The molecule has 1 saturated heterocycles. The highest BCUT2D eigenvalue weighted by molar-refractivity contribution is 5.70. The summed E-state index contributed by atoms with van der Waals surface area (Å²) in [6.07, 6.45) is -5.33. The van der Waals surface area contributed by atoms with E-state index in [0.717, 1.165) is 0 Å². The smallest absolute Gasteiger partial charge is 0.308 e. The van der Waals surface area contributed by atoms with Gasteiger partial charge >= 0.3 is 5.97 Å². The van der Waals surface area contributed by atoms with Gasteiger partial charge in [-0.3, -0.25) is 4.79 Å². The molecule has 1 rings (SSSR count). The van der Waals surface area contributed by atoms with Crippen LogP contribution in [-0.2, 0) is 14.3 Å². The maximum absolute atomic E-state index is 11.2. The van der Waals surface area contributed by atoms with Gasteiger partial charge in [-0.25, -0.2) is 0 Å². The standard InChI is InChI=1S/C10H18O6/c1-3-15-7(11)4-6-9(13)10(14)8(12)5(2)16-6/h5-6,8-10,12-14H,3-4H2,1-2H3/t5-,6?,8-,9-,10+/m0/s1. The first-order valence-corrected chi connectivity index (χ1v) is 5.32. The van der Waals surface area contributed by atoms with Gasteiger partial charge in [-0.15, -0.1) is 0 Å². The summed E-state index contributed by atoms with van der Waals surface area (Å²) in [6, 6.07) is 0. The van der Waals surface area contributed by atoms with Crippen LogP contribution in [0.4, 0.5) is 0 Å². The molecular formula is C10H18O6. The lowest BCUT2D eigenvalue weighted by molar-refractivity contribution is -0.220. The molecule has 1 aliphatic rings. The molecule has 94 valence electrons. The van der Waals surface area contributed by atoms with Gasteiger partial charge in [0.25, 0.3) is 0 Å². The number of carbonyl (C=O) groups is 1. The number of aliphatic hydroxyl groups is 3. The maximum atomic E-state index is 11.2. The van der Waals surface area contributed by atoms with E-state index in [0.29, 0.717) is 0 Å². The number of esters is 1. The third kappa shape index (κ3) is 2.91. The van der Waals surface area contributed by atoms with E-state index in [1.807, 2.05) is 0 Å². The second-order valence-corrected chi connectivity index (χ2v) is 3.86.